The van der Waals surface area contributed by atoms with Crippen LogP contribution >= 0.6 is 24.0 Å². The Labute approximate surface area is 174 Å². The van der Waals surface area contributed by atoms with E-state index < -0.39 is 23.4 Å². The van der Waals surface area contributed by atoms with Crippen LogP contribution in [-0.4, -0.2) is 56.5 Å². The zero-order valence-corrected chi connectivity index (χ0v) is 17.4. The average Bonchev–Trinajstić information content (AvgIpc) is 3.29. The fraction of sp³-hybridized carbons (Fsp3) is 0.474. The van der Waals surface area contributed by atoms with Crippen molar-refractivity contribution in [3.05, 3.63) is 35.9 Å². The predicted molar refractivity (Wildman–Crippen MR) is 113 cm³/mol. The number of hydrazine groups is 1. The lowest BCUT2D eigenvalue weighted by atomic mass is 9.93. The van der Waals surface area contributed by atoms with Gasteiger partial charge in [-0.05, 0) is 38.2 Å². The molecule has 0 spiro atoms. The van der Waals surface area contributed by atoms with Crippen LogP contribution in [-0.2, 0) is 16.0 Å². The topological polar surface area (TPSA) is 81.8 Å². The summed E-state index contributed by atoms with van der Waals surface area (Å²) in [6, 6.07) is 9.14. The number of aryl methyl sites for hydroxylation is 1. The molecule has 4 amide bonds. The average molecular weight is 421 g/mol. The van der Waals surface area contributed by atoms with E-state index in [1.54, 1.807) is 6.92 Å². The number of amides is 4. The van der Waals surface area contributed by atoms with E-state index in [0.717, 1.165) is 36.5 Å². The van der Waals surface area contributed by atoms with Gasteiger partial charge in [-0.3, -0.25) is 15.0 Å². The second-order valence-corrected chi connectivity index (χ2v) is 8.78. The molecule has 2 aliphatic heterocycles. The van der Waals surface area contributed by atoms with Crippen LogP contribution in [0, 0.1) is 0 Å². The Kier molecular flexibility index (Phi) is 6.56. The third-order valence-corrected chi connectivity index (χ3v) is 6.47. The minimum absolute atomic E-state index is 0.0626. The molecular formula is C19H24N4O3S2. The van der Waals surface area contributed by atoms with Gasteiger partial charge in [0.25, 0.3) is 5.91 Å². The highest BCUT2D eigenvalue weighted by atomic mass is 32.2. The van der Waals surface area contributed by atoms with Crippen molar-refractivity contribution in [3.8, 4) is 0 Å². The normalized spacial score (nSPS) is 21.8. The second kappa shape index (κ2) is 8.91. The molecule has 0 saturated carbocycles. The number of thiocarbonyl (C=S) groups is 1. The lowest BCUT2D eigenvalue weighted by Gasteiger charge is -2.22. The zero-order chi connectivity index (χ0) is 20.1. The maximum Gasteiger partial charge on any atom is 0.344 e. The third-order valence-electron chi connectivity index (χ3n) is 4.95. The number of nitrogens with zero attached hydrogens (tertiary/aromatic N) is 2. The van der Waals surface area contributed by atoms with Gasteiger partial charge in [-0.1, -0.05) is 54.3 Å². The molecule has 0 bridgehead atoms. The Morgan fingerprint density at radius 3 is 2.61 bits per heavy atom. The van der Waals surface area contributed by atoms with Crippen molar-refractivity contribution >= 4 is 46.1 Å². The van der Waals surface area contributed by atoms with Crippen molar-refractivity contribution in [3.63, 3.8) is 0 Å². The largest absolute Gasteiger partial charge is 0.358 e. The minimum atomic E-state index is -1.04. The summed E-state index contributed by atoms with van der Waals surface area (Å²) in [4.78, 5) is 39.2. The van der Waals surface area contributed by atoms with Crippen molar-refractivity contribution in [1.29, 1.82) is 0 Å². The van der Waals surface area contributed by atoms with Crippen molar-refractivity contribution in [2.24, 2.45) is 0 Å². The quantitative estimate of drug-likeness (QED) is 0.542. The summed E-state index contributed by atoms with van der Waals surface area (Å²) in [5.74, 6) is -0.816. The third kappa shape index (κ3) is 4.82. The van der Waals surface area contributed by atoms with Crippen LogP contribution in [0.15, 0.2) is 30.3 Å². The van der Waals surface area contributed by atoms with Crippen molar-refractivity contribution in [1.82, 2.24) is 20.7 Å². The number of hydrogen-bond donors (Lipinski definition) is 2. The van der Waals surface area contributed by atoms with E-state index >= 15 is 0 Å². The van der Waals surface area contributed by atoms with Gasteiger partial charge < -0.3 is 10.2 Å². The number of benzene rings is 1. The molecule has 2 N–H and O–H groups in total. The first-order valence-electron chi connectivity index (χ1n) is 9.31. The SMILES string of the molecule is C[C@]1(CCc2ccccc2)NC(=O)N(NC(=O)CSC(=S)N2CCCC2)C1=O. The van der Waals surface area contributed by atoms with Crippen LogP contribution in [0.2, 0.25) is 0 Å². The standard InChI is InChI=1S/C19H24N4O3S2/c1-19(10-9-14-7-3-2-4-8-14)16(25)23(17(26)20-19)21-15(24)13-28-18(27)22-11-5-6-12-22/h2-4,7-8H,5-6,9-13H2,1H3,(H,20,26)(H,21,24)/t19-/m1/s1. The molecule has 9 heteroatoms. The van der Waals surface area contributed by atoms with Gasteiger partial charge in [0, 0.05) is 13.1 Å². The Bertz CT molecular complexity index is 768. The maximum atomic E-state index is 12.7. The smallest absolute Gasteiger partial charge is 0.344 e. The van der Waals surface area contributed by atoms with E-state index in [2.05, 4.69) is 15.6 Å². The fourth-order valence-corrected chi connectivity index (χ4v) is 4.31. The number of carbonyl (C=O) groups excluding carboxylic acids is 3. The molecule has 2 fully saturated rings. The van der Waals surface area contributed by atoms with E-state index in [4.69, 9.17) is 12.2 Å². The monoisotopic (exact) mass is 420 g/mol. The van der Waals surface area contributed by atoms with Gasteiger partial charge in [-0.25, -0.2) is 4.79 Å². The van der Waals surface area contributed by atoms with Gasteiger partial charge in [0.1, 0.15) is 9.86 Å². The molecule has 7 nitrogen and oxygen atoms in total. The number of rotatable bonds is 6. The van der Waals surface area contributed by atoms with Crippen molar-refractivity contribution in [2.45, 2.75) is 38.1 Å². The lowest BCUT2D eigenvalue weighted by molar-refractivity contribution is -0.138. The van der Waals surface area contributed by atoms with E-state index in [1.165, 1.54) is 11.8 Å². The summed E-state index contributed by atoms with van der Waals surface area (Å²) in [6.07, 6.45) is 3.31. The summed E-state index contributed by atoms with van der Waals surface area (Å²) < 4.78 is 0.678. The Morgan fingerprint density at radius 2 is 1.93 bits per heavy atom. The summed E-state index contributed by atoms with van der Waals surface area (Å²) in [7, 11) is 0. The van der Waals surface area contributed by atoms with Gasteiger partial charge in [-0.15, -0.1) is 0 Å². The molecule has 0 unspecified atom stereocenters. The number of carbonyl (C=O) groups is 3. The van der Waals surface area contributed by atoms with E-state index in [1.807, 2.05) is 30.3 Å². The first kappa shape index (κ1) is 20.6. The van der Waals surface area contributed by atoms with E-state index in [-0.39, 0.29) is 5.75 Å². The molecule has 150 valence electrons. The molecule has 1 aromatic carbocycles. The summed E-state index contributed by atoms with van der Waals surface area (Å²) in [6.45, 7) is 3.51. The van der Waals surface area contributed by atoms with Crippen LogP contribution in [0.4, 0.5) is 4.79 Å². The van der Waals surface area contributed by atoms with Gasteiger partial charge >= 0.3 is 6.03 Å². The van der Waals surface area contributed by atoms with Crippen LogP contribution in [0.5, 0.6) is 0 Å². The van der Waals surface area contributed by atoms with Crippen molar-refractivity contribution < 1.29 is 14.4 Å². The number of likely N-dealkylation sites (tertiary alicyclic amines) is 1. The number of nitrogens with one attached hydrogen (secondary N) is 2. The zero-order valence-electron chi connectivity index (χ0n) is 15.8. The Hall–Kier alpha value is -2.13. The number of urea groups is 1. The number of hydrogen-bond acceptors (Lipinski definition) is 5. The summed E-state index contributed by atoms with van der Waals surface area (Å²) in [5, 5.41) is 3.48. The second-order valence-electron chi connectivity index (χ2n) is 7.17. The first-order chi connectivity index (χ1) is 13.4. The maximum absolute atomic E-state index is 12.7. The fourth-order valence-electron chi connectivity index (χ4n) is 3.27. The van der Waals surface area contributed by atoms with Crippen LogP contribution in [0.25, 0.3) is 0 Å². The molecule has 28 heavy (non-hydrogen) atoms. The summed E-state index contributed by atoms with van der Waals surface area (Å²) in [5.41, 5.74) is 2.45. The molecule has 1 aromatic rings. The molecule has 1 atom stereocenters. The molecule has 0 aliphatic carbocycles. The Morgan fingerprint density at radius 1 is 1.25 bits per heavy atom. The molecule has 2 saturated heterocycles. The molecule has 2 heterocycles. The van der Waals surface area contributed by atoms with Crippen LogP contribution in [0.3, 0.4) is 0 Å². The van der Waals surface area contributed by atoms with E-state index in [9.17, 15) is 14.4 Å². The number of imide groups is 1. The Balaban J connectivity index is 1.51. The number of thioether (sulfide) groups is 1. The predicted octanol–water partition coefficient (Wildman–Crippen LogP) is 2.07. The lowest BCUT2D eigenvalue weighted by Crippen LogP contribution is -2.49. The van der Waals surface area contributed by atoms with Crippen LogP contribution < -0.4 is 10.7 Å². The van der Waals surface area contributed by atoms with E-state index in [0.29, 0.717) is 17.2 Å². The highest BCUT2D eigenvalue weighted by Gasteiger charge is 2.48. The molecule has 2 aliphatic rings. The van der Waals surface area contributed by atoms with Crippen molar-refractivity contribution in [2.75, 3.05) is 18.8 Å². The van der Waals surface area contributed by atoms with Gasteiger partial charge in [0.2, 0.25) is 5.91 Å². The van der Waals surface area contributed by atoms with Gasteiger partial charge in [0.15, 0.2) is 0 Å². The van der Waals surface area contributed by atoms with Gasteiger partial charge in [0.05, 0.1) is 5.75 Å². The van der Waals surface area contributed by atoms with Gasteiger partial charge in [-0.2, -0.15) is 5.01 Å². The summed E-state index contributed by atoms with van der Waals surface area (Å²) >= 11 is 6.58. The molecule has 3 rings (SSSR count). The first-order valence-corrected chi connectivity index (χ1v) is 10.7. The highest BCUT2D eigenvalue weighted by molar-refractivity contribution is 8.23. The van der Waals surface area contributed by atoms with Crippen LogP contribution in [0.1, 0.15) is 31.7 Å². The highest BCUT2D eigenvalue weighted by Crippen LogP contribution is 2.22. The minimum Gasteiger partial charge on any atom is -0.358 e. The molecule has 0 aromatic heterocycles. The molecule has 0 radical (unpaired) electrons. The molecular weight excluding hydrogens is 396 g/mol.